The summed E-state index contributed by atoms with van der Waals surface area (Å²) in [6, 6.07) is 6.79. The molecule has 0 atom stereocenters. The van der Waals surface area contributed by atoms with E-state index in [-0.39, 0.29) is 5.82 Å². The third-order valence-corrected chi connectivity index (χ3v) is 4.09. The summed E-state index contributed by atoms with van der Waals surface area (Å²) in [5, 5.41) is 18.4. The zero-order valence-corrected chi connectivity index (χ0v) is 14.5. The monoisotopic (exact) mass is 353 g/mol. The number of hydrogen-bond acceptors (Lipinski definition) is 7. The molecule has 0 saturated heterocycles. The summed E-state index contributed by atoms with van der Waals surface area (Å²) >= 11 is 0. The highest BCUT2D eigenvalue weighted by Gasteiger charge is 2.24. The fourth-order valence-corrected chi connectivity index (χ4v) is 2.49. The van der Waals surface area contributed by atoms with E-state index in [1.54, 1.807) is 25.3 Å². The van der Waals surface area contributed by atoms with Crippen LogP contribution in [-0.2, 0) is 0 Å². The Morgan fingerprint density at radius 1 is 1.42 bits per heavy atom. The number of nitrogens with one attached hydrogen (secondary N) is 1. The maximum absolute atomic E-state index is 10.8. The van der Waals surface area contributed by atoms with Gasteiger partial charge in [0, 0.05) is 56.3 Å². The molecule has 0 spiro atoms. The molecule has 2 heterocycles. The molecule has 0 unspecified atom stereocenters. The Hall–Kier alpha value is -3.29. The lowest BCUT2D eigenvalue weighted by molar-refractivity contribution is -0.389. The first-order valence-electron chi connectivity index (χ1n) is 8.18. The van der Waals surface area contributed by atoms with Gasteiger partial charge in [-0.05, 0) is 34.9 Å². The average molecular weight is 353 g/mol. The maximum atomic E-state index is 10.8. The maximum Gasteiger partial charge on any atom is 0.363 e. The van der Waals surface area contributed by atoms with Crippen LogP contribution in [0.15, 0.2) is 36.7 Å². The van der Waals surface area contributed by atoms with Crippen molar-refractivity contribution in [2.24, 2.45) is 0 Å². The lowest BCUT2D eigenvalue weighted by Gasteiger charge is -2.14. The summed E-state index contributed by atoms with van der Waals surface area (Å²) in [6.07, 6.45) is 7.12. The summed E-state index contributed by atoms with van der Waals surface area (Å²) < 4.78 is 5.80. The predicted molar refractivity (Wildman–Crippen MR) is 97.5 cm³/mol. The number of nitro groups is 1. The molecule has 2 aromatic heterocycles. The number of pyridine rings is 2. The number of aryl methyl sites for hydroxylation is 1. The highest BCUT2D eigenvalue weighted by Crippen LogP contribution is 2.29. The summed E-state index contributed by atoms with van der Waals surface area (Å²) in [6.45, 7) is 1.65. The van der Waals surface area contributed by atoms with Crippen LogP contribution in [0.5, 0.6) is 11.5 Å². The molecule has 0 aromatic carbocycles. The fraction of sp³-hybridized carbons (Fsp3) is 0.278. The number of allylic oxidation sites excluding steroid dienone is 1. The Morgan fingerprint density at radius 2 is 2.19 bits per heavy atom. The van der Waals surface area contributed by atoms with Crippen molar-refractivity contribution in [1.82, 2.24) is 14.9 Å². The van der Waals surface area contributed by atoms with E-state index in [1.165, 1.54) is 31.2 Å². The van der Waals surface area contributed by atoms with Crippen LogP contribution in [0.1, 0.15) is 24.2 Å². The molecule has 0 aliphatic heterocycles. The summed E-state index contributed by atoms with van der Waals surface area (Å²) in [5.41, 5.74) is 1.73. The molecule has 2 aromatic rings. The van der Waals surface area contributed by atoms with Gasteiger partial charge in [-0.1, -0.05) is 0 Å². The van der Waals surface area contributed by atoms with E-state index in [1.807, 2.05) is 13.2 Å². The van der Waals surface area contributed by atoms with Gasteiger partial charge in [-0.15, -0.1) is 0 Å². The highest BCUT2D eigenvalue weighted by atomic mass is 16.6. The smallest absolute Gasteiger partial charge is 0.363 e. The Bertz CT molecular complexity index is 877. The molecule has 1 fully saturated rings. The van der Waals surface area contributed by atoms with E-state index in [4.69, 9.17) is 10.1 Å². The van der Waals surface area contributed by atoms with Gasteiger partial charge >= 0.3 is 5.82 Å². The quantitative estimate of drug-likeness (QED) is 0.463. The van der Waals surface area contributed by atoms with Crippen LogP contribution in [0.4, 0.5) is 5.82 Å². The van der Waals surface area contributed by atoms with Crippen LogP contribution in [0, 0.1) is 22.4 Å². The zero-order chi connectivity index (χ0) is 18.7. The second-order valence-electron chi connectivity index (χ2n) is 6.11. The van der Waals surface area contributed by atoms with Crippen molar-refractivity contribution in [2.75, 3.05) is 7.05 Å². The molecule has 1 aliphatic rings. The number of rotatable bonds is 7. The van der Waals surface area contributed by atoms with Crippen molar-refractivity contribution in [3.63, 3.8) is 0 Å². The third-order valence-electron chi connectivity index (χ3n) is 4.09. The van der Waals surface area contributed by atoms with Crippen LogP contribution >= 0.6 is 0 Å². The minimum Gasteiger partial charge on any atom is -0.453 e. The largest absolute Gasteiger partial charge is 0.453 e. The summed E-state index contributed by atoms with van der Waals surface area (Å²) in [5.74, 6) is 0.737. The van der Waals surface area contributed by atoms with Gasteiger partial charge in [0.2, 0.25) is 0 Å². The molecule has 0 amide bonds. The van der Waals surface area contributed by atoms with Gasteiger partial charge in [0.15, 0.2) is 11.4 Å². The van der Waals surface area contributed by atoms with Gasteiger partial charge in [-0.2, -0.15) is 0 Å². The van der Waals surface area contributed by atoms with Gasteiger partial charge in [0.25, 0.3) is 0 Å². The molecule has 3 rings (SSSR count). The molecule has 8 heteroatoms. The van der Waals surface area contributed by atoms with E-state index in [0.717, 1.165) is 0 Å². The molecule has 1 N–H and O–H groups in total. The topological polar surface area (TPSA) is 105 Å². The fourth-order valence-electron chi connectivity index (χ4n) is 2.49. The van der Waals surface area contributed by atoms with Crippen molar-refractivity contribution in [2.45, 2.75) is 25.8 Å². The van der Waals surface area contributed by atoms with E-state index in [0.29, 0.717) is 34.5 Å². The first-order valence-corrected chi connectivity index (χ1v) is 8.18. The van der Waals surface area contributed by atoms with Crippen LogP contribution in [0.3, 0.4) is 0 Å². The standard InChI is InChI=1S/C18H19N5O3/c1-12-17(5-6-18(21-12)23(24)25)26-15-7-8-20-16(9-15)13(10-19)11-22(2)14-3-4-14/h5-11,14,19H,3-4H2,1-2H3/b13-11+,19-10?. The molecule has 134 valence electrons. The molecular formula is C18H19N5O3. The van der Waals surface area contributed by atoms with E-state index >= 15 is 0 Å². The summed E-state index contributed by atoms with van der Waals surface area (Å²) in [7, 11) is 1.99. The molecule has 0 radical (unpaired) electrons. The Balaban J connectivity index is 1.83. The first kappa shape index (κ1) is 17.5. The van der Waals surface area contributed by atoms with Crippen molar-refractivity contribution >= 4 is 17.6 Å². The van der Waals surface area contributed by atoms with E-state index in [2.05, 4.69) is 14.9 Å². The van der Waals surface area contributed by atoms with Gasteiger partial charge in [-0.3, -0.25) is 4.98 Å². The lowest BCUT2D eigenvalue weighted by atomic mass is 10.2. The predicted octanol–water partition coefficient (Wildman–Crippen LogP) is 3.57. The van der Waals surface area contributed by atoms with Crippen LogP contribution in [-0.4, -0.2) is 39.1 Å². The second kappa shape index (κ2) is 7.30. The van der Waals surface area contributed by atoms with Crippen molar-refractivity contribution in [1.29, 1.82) is 5.41 Å². The Kier molecular flexibility index (Phi) is 4.92. The van der Waals surface area contributed by atoms with Crippen LogP contribution in [0.25, 0.3) is 5.57 Å². The normalized spacial score (nSPS) is 14.0. The van der Waals surface area contributed by atoms with Crippen molar-refractivity contribution in [3.8, 4) is 11.5 Å². The minimum absolute atomic E-state index is 0.220. The SMILES string of the molecule is Cc1nc([N+](=O)[O-])ccc1Oc1ccnc(/C(C=N)=C/N(C)C2CC2)c1. The molecular weight excluding hydrogens is 334 g/mol. The molecule has 1 aliphatic carbocycles. The van der Waals surface area contributed by atoms with Gasteiger partial charge in [0.05, 0.1) is 5.69 Å². The van der Waals surface area contributed by atoms with Gasteiger partial charge in [0.1, 0.15) is 5.75 Å². The molecule has 1 saturated carbocycles. The van der Waals surface area contributed by atoms with E-state index < -0.39 is 4.92 Å². The second-order valence-corrected chi connectivity index (χ2v) is 6.11. The number of nitrogens with zero attached hydrogens (tertiary/aromatic N) is 4. The number of ether oxygens (including phenoxy) is 1. The van der Waals surface area contributed by atoms with Crippen molar-refractivity contribution < 1.29 is 9.66 Å². The Labute approximate surface area is 150 Å². The Morgan fingerprint density at radius 3 is 2.81 bits per heavy atom. The summed E-state index contributed by atoms with van der Waals surface area (Å²) in [4.78, 5) is 20.6. The molecule has 0 bridgehead atoms. The van der Waals surface area contributed by atoms with Crippen LogP contribution in [0.2, 0.25) is 0 Å². The van der Waals surface area contributed by atoms with Gasteiger partial charge in [-0.25, -0.2) is 0 Å². The first-order chi connectivity index (χ1) is 12.5. The van der Waals surface area contributed by atoms with Crippen molar-refractivity contribution in [3.05, 3.63) is 58.2 Å². The average Bonchev–Trinajstić information content (AvgIpc) is 3.46. The van der Waals surface area contributed by atoms with E-state index in [9.17, 15) is 10.1 Å². The van der Waals surface area contributed by atoms with Gasteiger partial charge < -0.3 is 25.2 Å². The highest BCUT2D eigenvalue weighted by molar-refractivity contribution is 6.07. The molecule has 26 heavy (non-hydrogen) atoms. The number of hydrogen-bond donors (Lipinski definition) is 1. The third kappa shape index (κ3) is 4.02. The lowest BCUT2D eigenvalue weighted by Crippen LogP contribution is -2.14. The van der Waals surface area contributed by atoms with Crippen LogP contribution < -0.4 is 4.74 Å². The zero-order valence-electron chi connectivity index (χ0n) is 14.5. The number of aromatic nitrogens is 2. The minimum atomic E-state index is -0.543. The molecule has 8 nitrogen and oxygen atoms in total.